The van der Waals surface area contributed by atoms with Crippen molar-refractivity contribution >= 4 is 46.4 Å². The summed E-state index contributed by atoms with van der Waals surface area (Å²) < 4.78 is 0. The molecule has 0 radical (unpaired) electrons. The molecule has 0 bridgehead atoms. The fourth-order valence-electron chi connectivity index (χ4n) is 2.46. The summed E-state index contributed by atoms with van der Waals surface area (Å²) in [5, 5.41) is 0. The van der Waals surface area contributed by atoms with Gasteiger partial charge in [-0.05, 0) is 72.2 Å². The molecular formula is C20H24Cl4. The second-order valence-corrected chi connectivity index (χ2v) is 7.01. The molecule has 0 amide bonds. The third-order valence-electron chi connectivity index (χ3n) is 4.16. The van der Waals surface area contributed by atoms with Crippen LogP contribution in [0.1, 0.15) is 44.5 Å². The molecule has 0 saturated carbocycles. The van der Waals surface area contributed by atoms with Crippen LogP contribution in [0, 0.1) is 27.7 Å². The van der Waals surface area contributed by atoms with Crippen molar-refractivity contribution in [1.29, 1.82) is 0 Å². The van der Waals surface area contributed by atoms with Crippen LogP contribution in [-0.4, -0.2) is 0 Å². The molecule has 0 unspecified atom stereocenters. The van der Waals surface area contributed by atoms with Crippen LogP contribution in [-0.2, 0) is 23.5 Å². The van der Waals surface area contributed by atoms with E-state index < -0.39 is 0 Å². The van der Waals surface area contributed by atoms with Gasteiger partial charge in [0.15, 0.2) is 0 Å². The molecule has 132 valence electrons. The average molecular weight is 406 g/mol. The third-order valence-corrected chi connectivity index (χ3v) is 5.32. The van der Waals surface area contributed by atoms with Gasteiger partial charge in [0.1, 0.15) is 0 Å². The predicted octanol–water partition coefficient (Wildman–Crippen LogP) is 7.56. The first-order valence-corrected chi connectivity index (χ1v) is 9.93. The van der Waals surface area contributed by atoms with Crippen molar-refractivity contribution in [1.82, 2.24) is 0 Å². The van der Waals surface area contributed by atoms with E-state index in [0.717, 1.165) is 0 Å². The summed E-state index contributed by atoms with van der Waals surface area (Å²) in [7, 11) is 0. The SMILES string of the molecule is Cc1cc(C)c(CCl)cc1CCl.Cc1cc(CCl)c(C)cc1CCl. The van der Waals surface area contributed by atoms with E-state index in [1.807, 2.05) is 0 Å². The van der Waals surface area contributed by atoms with E-state index in [2.05, 4.69) is 52.0 Å². The Labute approximate surface area is 166 Å². The Kier molecular flexibility index (Phi) is 9.52. The van der Waals surface area contributed by atoms with Gasteiger partial charge in [0, 0.05) is 23.5 Å². The first kappa shape index (κ1) is 21.6. The molecule has 2 rings (SSSR count). The minimum atomic E-state index is 0.565. The minimum Gasteiger partial charge on any atom is -0.122 e. The second kappa shape index (κ2) is 10.6. The van der Waals surface area contributed by atoms with E-state index in [4.69, 9.17) is 46.4 Å². The Morgan fingerprint density at radius 1 is 0.458 bits per heavy atom. The Bertz CT molecular complexity index is 623. The molecule has 0 fully saturated rings. The minimum absolute atomic E-state index is 0.565. The van der Waals surface area contributed by atoms with E-state index in [1.54, 1.807) is 0 Å². The van der Waals surface area contributed by atoms with Gasteiger partial charge in [-0.2, -0.15) is 0 Å². The van der Waals surface area contributed by atoms with Gasteiger partial charge < -0.3 is 0 Å². The highest BCUT2D eigenvalue weighted by Crippen LogP contribution is 2.20. The summed E-state index contributed by atoms with van der Waals surface area (Å²) in [6, 6.07) is 8.44. The summed E-state index contributed by atoms with van der Waals surface area (Å²) in [5.41, 5.74) is 9.70. The molecule has 2 aromatic carbocycles. The van der Waals surface area contributed by atoms with Crippen molar-refractivity contribution in [2.75, 3.05) is 0 Å². The summed E-state index contributed by atoms with van der Waals surface area (Å²) in [5.74, 6) is 2.29. The van der Waals surface area contributed by atoms with Gasteiger partial charge >= 0.3 is 0 Å². The zero-order valence-corrected chi connectivity index (χ0v) is 17.7. The van der Waals surface area contributed by atoms with E-state index in [9.17, 15) is 0 Å². The summed E-state index contributed by atoms with van der Waals surface area (Å²) in [6.07, 6.45) is 0. The Balaban J connectivity index is 0.000000240. The van der Waals surface area contributed by atoms with Crippen LogP contribution in [0.3, 0.4) is 0 Å². The number of aryl methyl sites for hydroxylation is 4. The molecule has 0 N–H and O–H groups in total. The zero-order chi connectivity index (χ0) is 18.3. The van der Waals surface area contributed by atoms with Crippen molar-refractivity contribution in [3.05, 3.63) is 68.8 Å². The third kappa shape index (κ3) is 5.85. The molecule has 0 spiro atoms. The van der Waals surface area contributed by atoms with Gasteiger partial charge in [0.2, 0.25) is 0 Å². The normalized spacial score (nSPS) is 10.3. The average Bonchev–Trinajstić information content (AvgIpc) is 2.57. The molecule has 0 atom stereocenters. The van der Waals surface area contributed by atoms with Gasteiger partial charge in [-0.25, -0.2) is 0 Å². The molecule has 2 aromatic rings. The van der Waals surface area contributed by atoms with Crippen LogP contribution < -0.4 is 0 Å². The lowest BCUT2D eigenvalue weighted by molar-refractivity contribution is 1.20. The fourth-order valence-corrected chi connectivity index (χ4v) is 3.61. The van der Waals surface area contributed by atoms with Gasteiger partial charge in [-0.15, -0.1) is 46.4 Å². The van der Waals surface area contributed by atoms with Crippen LogP contribution >= 0.6 is 46.4 Å². The molecule has 0 nitrogen and oxygen atoms in total. The maximum atomic E-state index is 5.77. The molecule has 0 aliphatic rings. The molecule has 0 saturated heterocycles. The highest BCUT2D eigenvalue weighted by molar-refractivity contribution is 6.18. The van der Waals surface area contributed by atoms with Crippen LogP contribution in [0.25, 0.3) is 0 Å². The van der Waals surface area contributed by atoms with Gasteiger partial charge in [0.25, 0.3) is 0 Å². The maximum Gasteiger partial charge on any atom is 0.0476 e. The van der Waals surface area contributed by atoms with Crippen molar-refractivity contribution in [2.24, 2.45) is 0 Å². The largest absolute Gasteiger partial charge is 0.122 e. The van der Waals surface area contributed by atoms with Gasteiger partial charge in [0.05, 0.1) is 0 Å². The first-order chi connectivity index (χ1) is 11.4. The number of alkyl halides is 4. The summed E-state index contributed by atoms with van der Waals surface area (Å²) >= 11 is 23.1. The molecule has 24 heavy (non-hydrogen) atoms. The van der Waals surface area contributed by atoms with Crippen molar-refractivity contribution in [2.45, 2.75) is 51.2 Å². The lowest BCUT2D eigenvalue weighted by atomic mass is 10.0. The second-order valence-electron chi connectivity index (χ2n) is 5.94. The zero-order valence-electron chi connectivity index (χ0n) is 14.6. The number of hydrogen-bond donors (Lipinski definition) is 0. The molecule has 0 aliphatic heterocycles. The topological polar surface area (TPSA) is 0 Å². The number of hydrogen-bond acceptors (Lipinski definition) is 0. The smallest absolute Gasteiger partial charge is 0.0476 e. The number of benzene rings is 2. The van der Waals surface area contributed by atoms with E-state index in [0.29, 0.717) is 23.5 Å². The molecule has 0 aliphatic carbocycles. The molecule has 4 heteroatoms. The van der Waals surface area contributed by atoms with Crippen LogP contribution in [0.2, 0.25) is 0 Å². The lowest BCUT2D eigenvalue weighted by Crippen LogP contribution is -1.91. The fraction of sp³-hybridized carbons (Fsp3) is 0.400. The first-order valence-electron chi connectivity index (χ1n) is 7.79. The quantitative estimate of drug-likeness (QED) is 0.460. The van der Waals surface area contributed by atoms with Crippen LogP contribution in [0.5, 0.6) is 0 Å². The van der Waals surface area contributed by atoms with Crippen LogP contribution in [0.4, 0.5) is 0 Å². The molecule has 0 heterocycles. The predicted molar refractivity (Wildman–Crippen MR) is 110 cm³/mol. The summed E-state index contributed by atoms with van der Waals surface area (Å²) in [4.78, 5) is 0. The standard InChI is InChI=1S/2C10H12Cl2/c1-7-3-10(6-12)8(2)4-9(7)5-11;1-7-3-8(2)10(6-12)4-9(7)5-11/h2*3-4H,5-6H2,1-2H3. The Hall–Kier alpha value is -0.400. The van der Waals surface area contributed by atoms with Gasteiger partial charge in [-0.3, -0.25) is 0 Å². The molecule has 0 aromatic heterocycles. The van der Waals surface area contributed by atoms with Crippen molar-refractivity contribution < 1.29 is 0 Å². The highest BCUT2D eigenvalue weighted by atomic mass is 35.5. The Morgan fingerprint density at radius 2 is 0.708 bits per heavy atom. The van der Waals surface area contributed by atoms with Crippen LogP contribution in [0.15, 0.2) is 24.3 Å². The molecular weight excluding hydrogens is 382 g/mol. The van der Waals surface area contributed by atoms with E-state index in [-0.39, 0.29) is 0 Å². The number of rotatable bonds is 4. The van der Waals surface area contributed by atoms with E-state index in [1.165, 1.54) is 44.5 Å². The van der Waals surface area contributed by atoms with Gasteiger partial charge in [-0.1, -0.05) is 24.3 Å². The monoisotopic (exact) mass is 404 g/mol. The number of halogens is 4. The highest BCUT2D eigenvalue weighted by Gasteiger charge is 2.03. The summed E-state index contributed by atoms with van der Waals surface area (Å²) in [6.45, 7) is 8.27. The van der Waals surface area contributed by atoms with E-state index >= 15 is 0 Å². The maximum absolute atomic E-state index is 5.77. The Morgan fingerprint density at radius 3 is 1.00 bits per heavy atom. The van der Waals surface area contributed by atoms with Crippen molar-refractivity contribution in [3.63, 3.8) is 0 Å². The van der Waals surface area contributed by atoms with Crippen molar-refractivity contribution in [3.8, 4) is 0 Å². The lowest BCUT2D eigenvalue weighted by Gasteiger charge is -2.07.